The summed E-state index contributed by atoms with van der Waals surface area (Å²) in [6, 6.07) is 4.01. The molecule has 0 spiro atoms. The van der Waals surface area contributed by atoms with E-state index >= 15 is 0 Å². The average Bonchev–Trinajstić information content (AvgIpc) is 2.54. The molecule has 1 aromatic carbocycles. The molecule has 94 valence electrons. The van der Waals surface area contributed by atoms with E-state index < -0.39 is 10.2 Å². The van der Waals surface area contributed by atoms with Crippen molar-refractivity contribution in [1.29, 1.82) is 0 Å². The van der Waals surface area contributed by atoms with Crippen LogP contribution in [0.2, 0.25) is 0 Å². The fraction of sp³-hybridized carbons (Fsp3) is 0.125. The zero-order valence-electron chi connectivity index (χ0n) is 8.62. The number of nitrogens with zero attached hydrogens (tertiary/aromatic N) is 2. The largest absolute Gasteiger partial charge is 0.332 e. The van der Waals surface area contributed by atoms with Crippen molar-refractivity contribution in [3.8, 4) is 0 Å². The molecule has 0 saturated carbocycles. The number of hydrogen-bond acceptors (Lipinski definition) is 5. The topological polar surface area (TPSA) is 77.5 Å². The van der Waals surface area contributed by atoms with Crippen molar-refractivity contribution >= 4 is 44.2 Å². The van der Waals surface area contributed by atoms with Gasteiger partial charge in [0.25, 0.3) is 0 Å². The first-order chi connectivity index (χ1) is 7.43. The van der Waals surface area contributed by atoms with E-state index in [1.165, 1.54) is 29.5 Å². The van der Waals surface area contributed by atoms with Crippen LogP contribution >= 0.6 is 23.7 Å². The molecule has 0 atom stereocenters. The minimum Gasteiger partial charge on any atom is -0.320 e. The first-order valence-corrected chi connectivity index (χ1v) is 6.41. The highest BCUT2D eigenvalue weighted by atomic mass is 35.5. The van der Waals surface area contributed by atoms with Gasteiger partial charge >= 0.3 is 10.2 Å². The number of rotatable bonds is 1. The van der Waals surface area contributed by atoms with Crippen LogP contribution in [0.4, 0.5) is 3.89 Å². The number of nitrogens with two attached hydrogens (primary N) is 1. The van der Waals surface area contributed by atoms with Crippen LogP contribution in [0.1, 0.15) is 0 Å². The van der Waals surface area contributed by atoms with E-state index in [4.69, 9.17) is 5.84 Å². The molecule has 2 aromatic rings. The predicted molar refractivity (Wildman–Crippen MR) is 66.1 cm³/mol. The molecule has 0 radical (unpaired) electrons. The van der Waals surface area contributed by atoms with E-state index in [-0.39, 0.29) is 17.3 Å². The number of benzene rings is 1. The van der Waals surface area contributed by atoms with Gasteiger partial charge in [0.05, 0.1) is 10.2 Å². The molecule has 1 heterocycles. The molecule has 1 aromatic heterocycles. The van der Waals surface area contributed by atoms with Crippen LogP contribution in [0.3, 0.4) is 0 Å². The Morgan fingerprint density at radius 1 is 1.47 bits per heavy atom. The molecule has 0 amide bonds. The summed E-state index contributed by atoms with van der Waals surface area (Å²) in [7, 11) is -3.00. The summed E-state index contributed by atoms with van der Waals surface area (Å²) in [5.41, 5.74) is 0.577. The van der Waals surface area contributed by atoms with Crippen LogP contribution in [0.25, 0.3) is 10.2 Å². The molecule has 0 fully saturated rings. The highest BCUT2D eigenvalue weighted by molar-refractivity contribution is 7.86. The van der Waals surface area contributed by atoms with E-state index in [1.54, 1.807) is 11.6 Å². The molecule has 2 N–H and O–H groups in total. The lowest BCUT2D eigenvalue weighted by molar-refractivity contribution is 0.552. The van der Waals surface area contributed by atoms with E-state index in [0.29, 0.717) is 10.3 Å². The summed E-state index contributed by atoms with van der Waals surface area (Å²) in [6.45, 7) is 0. The second-order valence-electron chi connectivity index (χ2n) is 3.14. The van der Waals surface area contributed by atoms with Gasteiger partial charge in [0.15, 0.2) is 0 Å². The summed E-state index contributed by atoms with van der Waals surface area (Å²) in [5.74, 6) is 5.16. The van der Waals surface area contributed by atoms with E-state index in [2.05, 4.69) is 5.10 Å². The van der Waals surface area contributed by atoms with E-state index in [9.17, 15) is 12.3 Å². The van der Waals surface area contributed by atoms with Gasteiger partial charge in [-0.05, 0) is 18.2 Å². The molecular weight excluding hydrogens is 289 g/mol. The van der Waals surface area contributed by atoms with Gasteiger partial charge in [-0.1, -0.05) is 11.3 Å². The fourth-order valence-electron chi connectivity index (χ4n) is 1.38. The number of thiazole rings is 1. The lowest BCUT2D eigenvalue weighted by Gasteiger charge is -1.97. The zero-order valence-corrected chi connectivity index (χ0v) is 11.1. The van der Waals surface area contributed by atoms with Crippen LogP contribution in [0.15, 0.2) is 28.2 Å². The van der Waals surface area contributed by atoms with Gasteiger partial charge in [0, 0.05) is 7.05 Å². The Hall–Kier alpha value is -1.12. The highest BCUT2D eigenvalue weighted by Crippen LogP contribution is 2.21. The molecule has 0 bridgehead atoms. The average molecular weight is 298 g/mol. The first kappa shape index (κ1) is 13.9. The number of aromatic nitrogens is 1. The van der Waals surface area contributed by atoms with E-state index in [0.717, 1.165) is 4.70 Å². The summed E-state index contributed by atoms with van der Waals surface area (Å²) in [4.78, 5) is 0.167. The Morgan fingerprint density at radius 2 is 2.12 bits per heavy atom. The van der Waals surface area contributed by atoms with Crippen LogP contribution < -0.4 is 10.6 Å². The summed E-state index contributed by atoms with van der Waals surface area (Å²) in [6.07, 6.45) is 0. The Morgan fingerprint density at radius 3 is 2.65 bits per heavy atom. The number of halogens is 2. The van der Waals surface area contributed by atoms with Crippen molar-refractivity contribution in [2.24, 2.45) is 18.0 Å². The molecule has 17 heavy (non-hydrogen) atoms. The van der Waals surface area contributed by atoms with Gasteiger partial charge in [-0.2, -0.15) is 13.5 Å². The Labute approximate surface area is 107 Å². The van der Waals surface area contributed by atoms with Crippen molar-refractivity contribution in [2.75, 3.05) is 0 Å². The van der Waals surface area contributed by atoms with Crippen molar-refractivity contribution in [3.63, 3.8) is 0 Å². The fourth-order valence-corrected chi connectivity index (χ4v) is 2.78. The third-order valence-corrected chi connectivity index (χ3v) is 4.12. The molecule has 0 saturated heterocycles. The zero-order chi connectivity index (χ0) is 11.9. The Kier molecular flexibility index (Phi) is 3.80. The van der Waals surface area contributed by atoms with Gasteiger partial charge < -0.3 is 10.4 Å². The number of aryl methyl sites for hydroxylation is 1. The lowest BCUT2D eigenvalue weighted by atomic mass is 10.3. The van der Waals surface area contributed by atoms with Crippen LogP contribution in [0.5, 0.6) is 0 Å². The smallest absolute Gasteiger partial charge is 0.320 e. The first-order valence-electron chi connectivity index (χ1n) is 4.21. The number of fused-ring (bicyclic) bond motifs is 1. The minimum atomic E-state index is -4.68. The molecule has 0 aliphatic carbocycles. The second-order valence-corrected chi connectivity index (χ2v) is 5.50. The van der Waals surface area contributed by atoms with Crippen molar-refractivity contribution in [1.82, 2.24) is 4.57 Å². The van der Waals surface area contributed by atoms with Crippen LogP contribution in [-0.2, 0) is 17.3 Å². The molecular formula is C8H9ClFN3O2S2. The molecule has 0 aliphatic rings. The van der Waals surface area contributed by atoms with E-state index in [1.807, 2.05) is 0 Å². The van der Waals surface area contributed by atoms with Gasteiger partial charge in [0.2, 0.25) is 4.80 Å². The molecule has 0 aliphatic heterocycles. The summed E-state index contributed by atoms with van der Waals surface area (Å²) in [5, 5.41) is 3.54. The molecule has 0 unspecified atom stereocenters. The Balaban J connectivity index is 0.00000144. The lowest BCUT2D eigenvalue weighted by Crippen LogP contribution is -2.12. The van der Waals surface area contributed by atoms with Gasteiger partial charge in [-0.25, -0.2) is 0 Å². The monoisotopic (exact) mass is 297 g/mol. The second kappa shape index (κ2) is 4.63. The standard InChI is InChI=1S/C8H8FN3O2S2.ClH/c1-12-6-4-5(16(9,13)14)2-3-7(6)15-8(12)11-10;/h2-4H,10H2,1H3;1H/b11-8+;. The van der Waals surface area contributed by atoms with Crippen molar-refractivity contribution < 1.29 is 12.3 Å². The third kappa shape index (κ3) is 2.43. The van der Waals surface area contributed by atoms with Gasteiger partial charge in [-0.15, -0.1) is 16.3 Å². The van der Waals surface area contributed by atoms with Crippen molar-refractivity contribution in [3.05, 3.63) is 23.0 Å². The normalized spacial score (nSPS) is 12.7. The van der Waals surface area contributed by atoms with Crippen LogP contribution in [0, 0.1) is 0 Å². The SMILES string of the molecule is Cl.Cn1/c(=N\N)sc2ccc(S(=O)(=O)F)cc21. The molecule has 5 nitrogen and oxygen atoms in total. The maximum atomic E-state index is 12.8. The van der Waals surface area contributed by atoms with Crippen molar-refractivity contribution in [2.45, 2.75) is 4.90 Å². The summed E-state index contributed by atoms with van der Waals surface area (Å²) >= 11 is 1.30. The highest BCUT2D eigenvalue weighted by Gasteiger charge is 2.13. The number of hydrogen-bond donors (Lipinski definition) is 1. The van der Waals surface area contributed by atoms with Gasteiger partial charge in [0.1, 0.15) is 4.90 Å². The molecule has 2 rings (SSSR count). The third-order valence-electron chi connectivity index (χ3n) is 2.17. The molecule has 9 heteroatoms. The minimum absolute atomic E-state index is 0. The van der Waals surface area contributed by atoms with Crippen LogP contribution in [-0.4, -0.2) is 13.0 Å². The summed E-state index contributed by atoms with van der Waals surface area (Å²) < 4.78 is 36.7. The quantitative estimate of drug-likeness (QED) is 0.486. The maximum Gasteiger partial charge on any atom is 0.332 e. The maximum absolute atomic E-state index is 12.8. The van der Waals surface area contributed by atoms with Gasteiger partial charge in [-0.3, -0.25) is 0 Å². The predicted octanol–water partition coefficient (Wildman–Crippen LogP) is 1.09. The Bertz CT molecular complexity index is 720.